The van der Waals surface area contributed by atoms with Gasteiger partial charge >= 0.3 is 23.9 Å². The third-order valence-electron chi connectivity index (χ3n) is 2.82. The predicted molar refractivity (Wildman–Crippen MR) is 81.4 cm³/mol. The molecule has 0 aliphatic rings. The van der Waals surface area contributed by atoms with Gasteiger partial charge in [-0.2, -0.15) is 0 Å². The summed E-state index contributed by atoms with van der Waals surface area (Å²) in [6.45, 7) is 3.14. The van der Waals surface area contributed by atoms with Crippen LogP contribution in [-0.2, 0) is 0 Å². The molecule has 136 valence electrons. The second-order valence-electron chi connectivity index (χ2n) is 4.57. The van der Waals surface area contributed by atoms with Crippen LogP contribution in [-0.4, -0.2) is 64.2 Å². The van der Waals surface area contributed by atoms with Crippen molar-refractivity contribution < 1.29 is 39.6 Å². The number of aryl methyl sites for hydroxylation is 2. The molecule has 0 aliphatic heterocycles. The number of aromatic carboxylic acids is 4. The van der Waals surface area contributed by atoms with Crippen LogP contribution in [0.5, 0.6) is 0 Å². The lowest BCUT2D eigenvalue weighted by atomic mass is 10.2. The van der Waals surface area contributed by atoms with Gasteiger partial charge in [0.05, 0.1) is 11.4 Å². The second-order valence-corrected chi connectivity index (χ2v) is 4.57. The molecule has 0 radical (unpaired) electrons. The van der Waals surface area contributed by atoms with Gasteiger partial charge in [0.25, 0.3) is 0 Å². The number of aromatic nitrogens is 4. The zero-order chi connectivity index (χ0) is 20.0. The maximum Gasteiger partial charge on any atom is 0.357 e. The van der Waals surface area contributed by atoms with E-state index in [4.69, 9.17) is 20.4 Å². The van der Waals surface area contributed by atoms with E-state index >= 15 is 0 Å². The van der Waals surface area contributed by atoms with E-state index < -0.39 is 46.7 Å². The number of hydrogen-bond acceptors (Lipinski definition) is 8. The zero-order valence-corrected chi connectivity index (χ0v) is 13.4. The van der Waals surface area contributed by atoms with Gasteiger partial charge in [-0.3, -0.25) is 0 Å². The summed E-state index contributed by atoms with van der Waals surface area (Å²) in [7, 11) is 0. The monoisotopic (exact) mass is 364 g/mol. The third-order valence-corrected chi connectivity index (χ3v) is 2.82. The molecule has 2 aromatic rings. The first-order valence-electron chi connectivity index (χ1n) is 6.65. The highest BCUT2D eigenvalue weighted by Crippen LogP contribution is 2.08. The molecule has 0 aromatic carbocycles. The van der Waals surface area contributed by atoms with Crippen molar-refractivity contribution in [2.75, 3.05) is 0 Å². The van der Waals surface area contributed by atoms with Crippen LogP contribution in [0.25, 0.3) is 0 Å². The van der Waals surface area contributed by atoms with Gasteiger partial charge in [-0.1, -0.05) is 0 Å². The molecule has 4 N–H and O–H groups in total. The van der Waals surface area contributed by atoms with Crippen molar-refractivity contribution >= 4 is 23.9 Å². The maximum absolute atomic E-state index is 10.6. The Kier molecular flexibility index (Phi) is 6.36. The van der Waals surface area contributed by atoms with Gasteiger partial charge in [0.2, 0.25) is 0 Å². The van der Waals surface area contributed by atoms with Gasteiger partial charge in [-0.15, -0.1) is 0 Å². The van der Waals surface area contributed by atoms with E-state index in [0.29, 0.717) is 11.4 Å². The summed E-state index contributed by atoms with van der Waals surface area (Å²) in [4.78, 5) is 56.0. The fraction of sp³-hybridized carbons (Fsp3) is 0.143. The third kappa shape index (κ3) is 4.77. The van der Waals surface area contributed by atoms with Gasteiger partial charge in [0, 0.05) is 12.4 Å². The molecule has 12 nitrogen and oxygen atoms in total. The largest absolute Gasteiger partial charge is 0.476 e. The Balaban J connectivity index is 0.000000263. The molecule has 0 spiro atoms. The van der Waals surface area contributed by atoms with Crippen molar-refractivity contribution in [3.05, 3.63) is 46.6 Å². The Morgan fingerprint density at radius 3 is 1.12 bits per heavy atom. The number of carbonyl (C=O) groups is 4. The number of carboxylic acid groups (broad SMARTS) is 4. The van der Waals surface area contributed by atoms with Gasteiger partial charge in [0.1, 0.15) is 0 Å². The van der Waals surface area contributed by atoms with E-state index in [-0.39, 0.29) is 0 Å². The lowest BCUT2D eigenvalue weighted by molar-refractivity contribution is 0.0640. The Hall–Kier alpha value is -3.96. The Labute approximate surface area is 144 Å². The van der Waals surface area contributed by atoms with Crippen LogP contribution >= 0.6 is 0 Å². The molecule has 0 bridgehead atoms. The molecular formula is C14H12N4O8. The van der Waals surface area contributed by atoms with Crippen LogP contribution in [0.4, 0.5) is 0 Å². The molecule has 0 fully saturated rings. The Morgan fingerprint density at radius 2 is 0.885 bits per heavy atom. The van der Waals surface area contributed by atoms with Crippen LogP contribution in [0.2, 0.25) is 0 Å². The standard InChI is InChI=1S/C8H8N2O4.C6H4N2O4/c1-3-4(2)10-6(8(13)14)5(9-3)7(11)12;9-5(10)3-4(6(11)12)8-2-1-7-3/h1-2H3,(H,11,12)(H,13,14);1-2H,(H,9,10)(H,11,12). The van der Waals surface area contributed by atoms with Crippen molar-refractivity contribution in [2.24, 2.45) is 0 Å². The molecular weight excluding hydrogens is 352 g/mol. The van der Waals surface area contributed by atoms with Crippen LogP contribution in [0.1, 0.15) is 53.3 Å². The van der Waals surface area contributed by atoms with Crippen LogP contribution in [0.3, 0.4) is 0 Å². The maximum atomic E-state index is 10.6. The minimum absolute atomic E-state index is 0.410. The minimum Gasteiger partial charge on any atom is -0.476 e. The molecule has 0 saturated carbocycles. The number of nitrogens with zero attached hydrogens (tertiary/aromatic N) is 4. The van der Waals surface area contributed by atoms with E-state index in [2.05, 4.69) is 19.9 Å². The van der Waals surface area contributed by atoms with Gasteiger partial charge < -0.3 is 20.4 Å². The van der Waals surface area contributed by atoms with E-state index in [1.807, 2.05) is 0 Å². The van der Waals surface area contributed by atoms with Crippen LogP contribution in [0.15, 0.2) is 12.4 Å². The Morgan fingerprint density at radius 1 is 0.615 bits per heavy atom. The first kappa shape index (κ1) is 20.1. The average molecular weight is 364 g/mol. The highest BCUT2D eigenvalue weighted by Gasteiger charge is 2.20. The van der Waals surface area contributed by atoms with Gasteiger partial charge in [-0.25, -0.2) is 39.1 Å². The van der Waals surface area contributed by atoms with Crippen molar-refractivity contribution in [1.29, 1.82) is 0 Å². The van der Waals surface area contributed by atoms with Crippen molar-refractivity contribution in [3.8, 4) is 0 Å². The molecule has 12 heteroatoms. The summed E-state index contributed by atoms with van der Waals surface area (Å²) in [5, 5.41) is 34.2. The highest BCUT2D eigenvalue weighted by molar-refractivity contribution is 5.99. The first-order valence-corrected chi connectivity index (χ1v) is 6.65. The topological polar surface area (TPSA) is 201 Å². The van der Waals surface area contributed by atoms with E-state index in [0.717, 1.165) is 12.4 Å². The van der Waals surface area contributed by atoms with Crippen molar-refractivity contribution in [2.45, 2.75) is 13.8 Å². The fourth-order valence-corrected chi connectivity index (χ4v) is 1.55. The summed E-state index contributed by atoms with van der Waals surface area (Å²) in [6, 6.07) is 0. The smallest absolute Gasteiger partial charge is 0.357 e. The number of rotatable bonds is 4. The lowest BCUT2D eigenvalue weighted by Gasteiger charge is -2.03. The van der Waals surface area contributed by atoms with Gasteiger partial charge in [-0.05, 0) is 13.8 Å². The molecule has 0 amide bonds. The minimum atomic E-state index is -1.40. The average Bonchev–Trinajstić information content (AvgIpc) is 2.57. The molecule has 0 aliphatic carbocycles. The van der Waals surface area contributed by atoms with Gasteiger partial charge in [0.15, 0.2) is 22.8 Å². The molecule has 0 saturated heterocycles. The van der Waals surface area contributed by atoms with E-state index in [1.54, 1.807) is 13.8 Å². The molecule has 0 atom stereocenters. The van der Waals surface area contributed by atoms with E-state index in [9.17, 15) is 19.2 Å². The van der Waals surface area contributed by atoms with Crippen molar-refractivity contribution in [3.63, 3.8) is 0 Å². The van der Waals surface area contributed by atoms with E-state index in [1.165, 1.54) is 0 Å². The summed E-state index contributed by atoms with van der Waals surface area (Å²) >= 11 is 0. The second kappa shape index (κ2) is 8.23. The zero-order valence-electron chi connectivity index (χ0n) is 13.4. The number of carboxylic acids is 4. The summed E-state index contributed by atoms with van der Waals surface area (Å²) in [5.74, 6) is -5.59. The summed E-state index contributed by atoms with van der Waals surface area (Å²) in [6.07, 6.45) is 2.24. The molecule has 2 rings (SSSR count). The molecule has 2 heterocycles. The number of hydrogen-bond donors (Lipinski definition) is 4. The lowest BCUT2D eigenvalue weighted by Crippen LogP contribution is -2.15. The highest BCUT2D eigenvalue weighted by atomic mass is 16.4. The summed E-state index contributed by atoms with van der Waals surface area (Å²) in [5.41, 5.74) is -1.34. The van der Waals surface area contributed by atoms with Crippen LogP contribution in [0, 0.1) is 13.8 Å². The van der Waals surface area contributed by atoms with Crippen LogP contribution < -0.4 is 0 Å². The molecule has 0 unspecified atom stereocenters. The van der Waals surface area contributed by atoms with Crippen molar-refractivity contribution in [1.82, 2.24) is 19.9 Å². The fourth-order valence-electron chi connectivity index (χ4n) is 1.55. The predicted octanol–water partition coefficient (Wildman–Crippen LogP) is 0.363. The molecule has 2 aromatic heterocycles. The normalized spacial score (nSPS) is 9.62. The molecule has 26 heavy (non-hydrogen) atoms. The SMILES string of the molecule is Cc1nc(C(=O)O)c(C(=O)O)nc1C.O=C(O)c1nccnc1C(=O)O. The quantitative estimate of drug-likeness (QED) is 0.581. The Bertz CT molecular complexity index is 825. The first-order chi connectivity index (χ1) is 12.1. The summed E-state index contributed by atoms with van der Waals surface area (Å²) < 4.78 is 0.